The first-order valence-electron chi connectivity index (χ1n) is 7.89. The molecule has 0 aliphatic carbocycles. The first-order valence-corrected chi connectivity index (χ1v) is 8.27. The van der Waals surface area contributed by atoms with Crippen LogP contribution in [0.15, 0.2) is 48.5 Å². The van der Waals surface area contributed by atoms with Crippen molar-refractivity contribution in [1.29, 1.82) is 0 Å². The molecule has 2 aromatic rings. The van der Waals surface area contributed by atoms with E-state index in [0.717, 1.165) is 11.3 Å². The van der Waals surface area contributed by atoms with Gasteiger partial charge in [-0.25, -0.2) is 9.18 Å². The van der Waals surface area contributed by atoms with E-state index in [-0.39, 0.29) is 11.8 Å². The van der Waals surface area contributed by atoms with Gasteiger partial charge < -0.3 is 15.1 Å². The topological polar surface area (TPSA) is 35.6 Å². The highest BCUT2D eigenvalue weighted by atomic mass is 35.5. The average molecular weight is 348 g/mol. The minimum absolute atomic E-state index is 0.0798. The van der Waals surface area contributed by atoms with E-state index in [1.165, 1.54) is 12.1 Å². The number of hydrogen-bond acceptors (Lipinski definition) is 2. The molecular weight excluding hydrogens is 329 g/mol. The van der Waals surface area contributed by atoms with Crippen molar-refractivity contribution in [2.45, 2.75) is 6.54 Å². The SMILES string of the molecule is O=C(NCc1ccc(Cl)cc1)N1CCN(c2cccc(F)c2)CC1. The van der Waals surface area contributed by atoms with Gasteiger partial charge >= 0.3 is 6.03 Å². The lowest BCUT2D eigenvalue weighted by atomic mass is 10.2. The van der Waals surface area contributed by atoms with Crippen LogP contribution in [-0.2, 0) is 6.54 Å². The number of nitrogens with one attached hydrogen (secondary N) is 1. The number of urea groups is 1. The Kier molecular flexibility index (Phi) is 5.20. The van der Waals surface area contributed by atoms with Gasteiger partial charge in [0.2, 0.25) is 0 Å². The summed E-state index contributed by atoms with van der Waals surface area (Å²) in [7, 11) is 0. The number of piperazine rings is 1. The van der Waals surface area contributed by atoms with Crippen molar-refractivity contribution in [3.05, 3.63) is 64.9 Å². The van der Waals surface area contributed by atoms with E-state index in [0.29, 0.717) is 37.7 Å². The smallest absolute Gasteiger partial charge is 0.317 e. The van der Waals surface area contributed by atoms with Gasteiger partial charge in [0.1, 0.15) is 5.82 Å². The van der Waals surface area contributed by atoms with Crippen LogP contribution in [0.5, 0.6) is 0 Å². The molecule has 1 aliphatic rings. The zero-order valence-electron chi connectivity index (χ0n) is 13.2. The van der Waals surface area contributed by atoms with Crippen molar-refractivity contribution in [2.24, 2.45) is 0 Å². The highest BCUT2D eigenvalue weighted by molar-refractivity contribution is 6.30. The Labute approximate surface area is 145 Å². The molecule has 0 bridgehead atoms. The number of amides is 2. The minimum atomic E-state index is -0.240. The van der Waals surface area contributed by atoms with Crippen LogP contribution in [0.4, 0.5) is 14.9 Å². The van der Waals surface area contributed by atoms with E-state index in [2.05, 4.69) is 10.2 Å². The molecular formula is C18H19ClFN3O. The van der Waals surface area contributed by atoms with Gasteiger partial charge in [-0.05, 0) is 35.9 Å². The maximum Gasteiger partial charge on any atom is 0.317 e. The predicted octanol–water partition coefficient (Wildman–Crippen LogP) is 3.51. The Morgan fingerprint density at radius 3 is 2.46 bits per heavy atom. The molecule has 2 amide bonds. The Morgan fingerprint density at radius 1 is 1.08 bits per heavy atom. The molecule has 24 heavy (non-hydrogen) atoms. The lowest BCUT2D eigenvalue weighted by Gasteiger charge is -2.36. The monoisotopic (exact) mass is 347 g/mol. The Morgan fingerprint density at radius 2 is 1.79 bits per heavy atom. The van der Waals surface area contributed by atoms with Gasteiger partial charge in [-0.1, -0.05) is 29.8 Å². The summed E-state index contributed by atoms with van der Waals surface area (Å²) in [5, 5.41) is 3.60. The Hall–Kier alpha value is -2.27. The summed E-state index contributed by atoms with van der Waals surface area (Å²) in [6.45, 7) is 3.08. The second-order valence-electron chi connectivity index (χ2n) is 5.74. The first-order chi connectivity index (χ1) is 11.6. The number of benzene rings is 2. The lowest BCUT2D eigenvalue weighted by Crippen LogP contribution is -2.51. The molecule has 0 radical (unpaired) electrons. The molecule has 3 rings (SSSR count). The second-order valence-corrected chi connectivity index (χ2v) is 6.18. The van der Waals surface area contributed by atoms with Gasteiger partial charge in [0, 0.05) is 43.4 Å². The fourth-order valence-corrected chi connectivity index (χ4v) is 2.86. The molecule has 6 heteroatoms. The molecule has 1 heterocycles. The molecule has 0 atom stereocenters. The number of anilines is 1. The van der Waals surface area contributed by atoms with E-state index in [4.69, 9.17) is 11.6 Å². The number of carbonyl (C=O) groups excluding carboxylic acids is 1. The summed E-state index contributed by atoms with van der Waals surface area (Å²) in [4.78, 5) is 16.1. The van der Waals surface area contributed by atoms with Gasteiger partial charge in [0.15, 0.2) is 0 Å². The van der Waals surface area contributed by atoms with Gasteiger partial charge in [0.25, 0.3) is 0 Å². The van der Waals surface area contributed by atoms with Crippen LogP contribution in [-0.4, -0.2) is 37.1 Å². The molecule has 0 unspecified atom stereocenters. The number of rotatable bonds is 3. The zero-order valence-corrected chi connectivity index (χ0v) is 14.0. The first kappa shape index (κ1) is 16.6. The van der Waals surface area contributed by atoms with Crippen molar-refractivity contribution < 1.29 is 9.18 Å². The molecule has 0 saturated carbocycles. The fraction of sp³-hybridized carbons (Fsp3) is 0.278. The third-order valence-corrected chi connectivity index (χ3v) is 4.35. The minimum Gasteiger partial charge on any atom is -0.368 e. The highest BCUT2D eigenvalue weighted by Gasteiger charge is 2.21. The molecule has 4 nitrogen and oxygen atoms in total. The van der Waals surface area contributed by atoms with Crippen LogP contribution in [0.3, 0.4) is 0 Å². The third kappa shape index (κ3) is 4.17. The standard InChI is InChI=1S/C18H19ClFN3O/c19-15-6-4-14(5-7-15)13-21-18(24)23-10-8-22(9-11-23)17-3-1-2-16(20)12-17/h1-7,12H,8-11,13H2,(H,21,24). The molecule has 0 spiro atoms. The molecule has 1 saturated heterocycles. The summed E-state index contributed by atoms with van der Waals surface area (Å²) in [5.74, 6) is -0.240. The zero-order chi connectivity index (χ0) is 16.9. The Balaban J connectivity index is 1.49. The van der Waals surface area contributed by atoms with Crippen LogP contribution < -0.4 is 10.2 Å². The molecule has 126 valence electrons. The van der Waals surface area contributed by atoms with Gasteiger partial charge in [-0.15, -0.1) is 0 Å². The summed E-state index contributed by atoms with van der Waals surface area (Å²) < 4.78 is 13.3. The third-order valence-electron chi connectivity index (χ3n) is 4.10. The molecule has 1 fully saturated rings. The van der Waals surface area contributed by atoms with Gasteiger partial charge in [-0.2, -0.15) is 0 Å². The molecule has 1 aliphatic heterocycles. The van der Waals surface area contributed by atoms with Crippen molar-refractivity contribution in [2.75, 3.05) is 31.1 Å². The second kappa shape index (κ2) is 7.53. The van der Waals surface area contributed by atoms with E-state index >= 15 is 0 Å². The maximum absolute atomic E-state index is 13.3. The van der Waals surface area contributed by atoms with E-state index in [1.54, 1.807) is 23.1 Å². The predicted molar refractivity (Wildman–Crippen MR) is 93.9 cm³/mol. The van der Waals surface area contributed by atoms with Crippen LogP contribution in [0, 0.1) is 5.82 Å². The van der Waals surface area contributed by atoms with Crippen LogP contribution >= 0.6 is 11.6 Å². The normalized spacial score (nSPS) is 14.6. The van der Waals surface area contributed by atoms with Crippen LogP contribution in [0.2, 0.25) is 5.02 Å². The summed E-state index contributed by atoms with van der Waals surface area (Å²) >= 11 is 5.85. The van der Waals surface area contributed by atoms with Crippen molar-refractivity contribution in [3.8, 4) is 0 Å². The van der Waals surface area contributed by atoms with Crippen molar-refractivity contribution in [3.63, 3.8) is 0 Å². The van der Waals surface area contributed by atoms with Crippen molar-refractivity contribution in [1.82, 2.24) is 10.2 Å². The summed E-state index contributed by atoms with van der Waals surface area (Å²) in [5.41, 5.74) is 1.86. The average Bonchev–Trinajstić information content (AvgIpc) is 2.61. The number of nitrogens with zero attached hydrogens (tertiary/aromatic N) is 2. The van der Waals surface area contributed by atoms with E-state index in [9.17, 15) is 9.18 Å². The molecule has 1 N–H and O–H groups in total. The fourth-order valence-electron chi connectivity index (χ4n) is 2.73. The quantitative estimate of drug-likeness (QED) is 0.922. The van der Waals surface area contributed by atoms with Crippen LogP contribution in [0.1, 0.15) is 5.56 Å². The highest BCUT2D eigenvalue weighted by Crippen LogP contribution is 2.17. The maximum atomic E-state index is 13.3. The number of halogens is 2. The summed E-state index contributed by atoms with van der Waals surface area (Å²) in [6, 6.07) is 13.9. The van der Waals surface area contributed by atoms with Gasteiger partial charge in [0.05, 0.1) is 0 Å². The largest absolute Gasteiger partial charge is 0.368 e. The Bertz CT molecular complexity index is 700. The number of hydrogen-bond donors (Lipinski definition) is 1. The summed E-state index contributed by atoms with van der Waals surface area (Å²) in [6.07, 6.45) is 0. The van der Waals surface area contributed by atoms with E-state index < -0.39 is 0 Å². The number of carbonyl (C=O) groups is 1. The molecule has 0 aromatic heterocycles. The van der Waals surface area contributed by atoms with E-state index in [1.807, 2.05) is 18.2 Å². The lowest BCUT2D eigenvalue weighted by molar-refractivity contribution is 0.194. The molecule has 2 aromatic carbocycles. The van der Waals surface area contributed by atoms with Crippen LogP contribution in [0.25, 0.3) is 0 Å². The van der Waals surface area contributed by atoms with Crippen molar-refractivity contribution >= 4 is 23.3 Å². The van der Waals surface area contributed by atoms with Gasteiger partial charge in [-0.3, -0.25) is 0 Å².